The van der Waals surface area contributed by atoms with Crippen LogP contribution in [0.25, 0.3) is 0 Å². The van der Waals surface area contributed by atoms with Gasteiger partial charge in [0.15, 0.2) is 0 Å². The fraction of sp³-hybridized carbons (Fsp3) is 0.500. The Kier molecular flexibility index (Phi) is 3.88. The van der Waals surface area contributed by atoms with Crippen molar-refractivity contribution in [2.75, 3.05) is 29.9 Å². The number of nitrogens with one attached hydrogen (secondary N) is 1. The molecule has 4 heterocycles. The molecule has 0 radical (unpaired) electrons. The van der Waals surface area contributed by atoms with Crippen molar-refractivity contribution in [3.8, 4) is 0 Å². The minimum Gasteiger partial charge on any atom is -0.354 e. The fourth-order valence-electron chi connectivity index (χ4n) is 3.78. The summed E-state index contributed by atoms with van der Waals surface area (Å²) in [6.45, 7) is 5.06. The second-order valence-electron chi connectivity index (χ2n) is 6.36. The Morgan fingerprint density at radius 2 is 2.12 bits per heavy atom. The van der Waals surface area contributed by atoms with Gasteiger partial charge in [0, 0.05) is 43.9 Å². The molecule has 2 atom stereocenters. The van der Waals surface area contributed by atoms with Crippen molar-refractivity contribution in [1.29, 1.82) is 0 Å². The average molecular weight is 347 g/mol. The molecule has 2 aliphatic heterocycles. The lowest BCUT2D eigenvalue weighted by atomic mass is 9.83. The zero-order valence-corrected chi connectivity index (χ0v) is 14.2. The summed E-state index contributed by atoms with van der Waals surface area (Å²) in [5.74, 6) is 1.83. The summed E-state index contributed by atoms with van der Waals surface area (Å²) in [7, 11) is 0. The first kappa shape index (κ1) is 15.4. The summed E-state index contributed by atoms with van der Waals surface area (Å²) in [4.78, 5) is 27.1. The highest BCUT2D eigenvalue weighted by Crippen LogP contribution is 2.36. The van der Waals surface area contributed by atoms with Crippen molar-refractivity contribution in [1.82, 2.24) is 19.5 Å². The molecule has 24 heavy (non-hydrogen) atoms. The molecule has 0 spiro atoms. The van der Waals surface area contributed by atoms with E-state index in [9.17, 15) is 4.79 Å². The quantitative estimate of drug-likeness (QED) is 0.912. The van der Waals surface area contributed by atoms with Gasteiger partial charge in [0.25, 0.3) is 5.56 Å². The van der Waals surface area contributed by atoms with Crippen molar-refractivity contribution < 1.29 is 0 Å². The predicted octanol–water partition coefficient (Wildman–Crippen LogP) is 1.74. The highest BCUT2D eigenvalue weighted by Gasteiger charge is 2.35. The Morgan fingerprint density at radius 1 is 1.25 bits per heavy atom. The Labute approximate surface area is 144 Å². The SMILES string of the molecule is CCNc1nc(Cl)nc(N2C[C@@H]3C[C@@H](C2)c2cccc(=O)n2C3)n1. The first-order valence-corrected chi connectivity index (χ1v) is 8.62. The van der Waals surface area contributed by atoms with E-state index in [0.717, 1.165) is 38.3 Å². The summed E-state index contributed by atoms with van der Waals surface area (Å²) in [6.07, 6.45) is 1.10. The number of aromatic nitrogens is 4. The van der Waals surface area contributed by atoms with E-state index in [1.54, 1.807) is 6.07 Å². The first-order valence-electron chi connectivity index (χ1n) is 8.24. The fourth-order valence-corrected chi connectivity index (χ4v) is 3.93. The van der Waals surface area contributed by atoms with Crippen LogP contribution in [-0.4, -0.2) is 39.2 Å². The zero-order valence-electron chi connectivity index (χ0n) is 13.4. The minimum absolute atomic E-state index is 0.0910. The van der Waals surface area contributed by atoms with Gasteiger partial charge in [-0.25, -0.2) is 0 Å². The molecule has 0 aliphatic carbocycles. The lowest BCUT2D eigenvalue weighted by Gasteiger charge is -2.42. The number of piperidine rings is 1. The number of fused-ring (bicyclic) bond motifs is 4. The summed E-state index contributed by atoms with van der Waals surface area (Å²) >= 11 is 6.05. The maximum absolute atomic E-state index is 12.1. The predicted molar refractivity (Wildman–Crippen MR) is 92.8 cm³/mol. The van der Waals surface area contributed by atoms with Crippen LogP contribution in [0.1, 0.15) is 25.0 Å². The molecule has 126 valence electrons. The van der Waals surface area contributed by atoms with Gasteiger partial charge in [-0.1, -0.05) is 6.07 Å². The Hall–Kier alpha value is -2.15. The largest absolute Gasteiger partial charge is 0.354 e. The Balaban J connectivity index is 1.66. The maximum Gasteiger partial charge on any atom is 0.250 e. The van der Waals surface area contributed by atoms with Crippen LogP contribution >= 0.6 is 11.6 Å². The summed E-state index contributed by atoms with van der Waals surface area (Å²) in [5, 5.41) is 3.28. The van der Waals surface area contributed by atoms with Crippen molar-refractivity contribution in [3.05, 3.63) is 39.5 Å². The van der Waals surface area contributed by atoms with Crippen molar-refractivity contribution in [3.63, 3.8) is 0 Å². The number of anilines is 2. The lowest BCUT2D eigenvalue weighted by Crippen LogP contribution is -2.47. The minimum atomic E-state index is 0.0910. The normalized spacial score (nSPS) is 22.2. The third kappa shape index (κ3) is 2.73. The molecule has 2 aromatic rings. The molecule has 2 aromatic heterocycles. The third-order valence-corrected chi connectivity index (χ3v) is 4.86. The molecule has 8 heteroatoms. The second kappa shape index (κ2) is 6.05. The molecule has 1 saturated heterocycles. The molecule has 4 rings (SSSR count). The van der Waals surface area contributed by atoms with Gasteiger partial charge in [-0.15, -0.1) is 0 Å². The summed E-state index contributed by atoms with van der Waals surface area (Å²) in [6, 6.07) is 5.53. The molecule has 0 aromatic carbocycles. The van der Waals surface area contributed by atoms with Crippen LogP contribution in [0, 0.1) is 5.92 Å². The molecular formula is C16H19ClN6O. The molecule has 0 saturated carbocycles. The van der Waals surface area contributed by atoms with Crippen LogP contribution in [-0.2, 0) is 6.54 Å². The highest BCUT2D eigenvalue weighted by atomic mass is 35.5. The molecule has 1 fully saturated rings. The van der Waals surface area contributed by atoms with Gasteiger partial charge >= 0.3 is 0 Å². The molecule has 1 N–H and O–H groups in total. The van der Waals surface area contributed by atoms with Gasteiger partial charge in [-0.3, -0.25) is 4.79 Å². The lowest BCUT2D eigenvalue weighted by molar-refractivity contribution is 0.279. The van der Waals surface area contributed by atoms with Crippen LogP contribution in [0.5, 0.6) is 0 Å². The number of halogens is 1. The van der Waals surface area contributed by atoms with Crippen LogP contribution in [0.2, 0.25) is 5.28 Å². The molecule has 0 amide bonds. The van der Waals surface area contributed by atoms with E-state index in [2.05, 4.69) is 31.2 Å². The van der Waals surface area contributed by atoms with E-state index in [-0.39, 0.29) is 10.8 Å². The molecular weight excluding hydrogens is 328 g/mol. The van der Waals surface area contributed by atoms with E-state index in [4.69, 9.17) is 11.6 Å². The van der Waals surface area contributed by atoms with Gasteiger partial charge in [-0.05, 0) is 36.9 Å². The standard InChI is InChI=1S/C16H19ClN6O/c1-2-18-15-19-14(17)20-16(21-15)22-7-10-6-11(9-22)12-4-3-5-13(24)23(12)8-10/h3-5,10-11H,2,6-9H2,1H3,(H,18,19,20,21)/t10-,11-/m0/s1. The Bertz CT molecular complexity index is 822. The molecule has 7 nitrogen and oxygen atoms in total. The summed E-state index contributed by atoms with van der Waals surface area (Å²) < 4.78 is 1.92. The smallest absolute Gasteiger partial charge is 0.250 e. The van der Waals surface area contributed by atoms with E-state index >= 15 is 0 Å². The van der Waals surface area contributed by atoms with Gasteiger partial charge in [-0.2, -0.15) is 15.0 Å². The Morgan fingerprint density at radius 3 is 2.96 bits per heavy atom. The molecule has 2 bridgehead atoms. The van der Waals surface area contributed by atoms with Gasteiger partial charge < -0.3 is 14.8 Å². The molecule has 0 unspecified atom stereocenters. The third-order valence-electron chi connectivity index (χ3n) is 4.69. The van der Waals surface area contributed by atoms with E-state index < -0.39 is 0 Å². The summed E-state index contributed by atoms with van der Waals surface area (Å²) in [5.41, 5.74) is 1.20. The van der Waals surface area contributed by atoms with E-state index in [1.807, 2.05) is 17.6 Å². The first-order chi connectivity index (χ1) is 11.6. The number of pyridine rings is 1. The van der Waals surface area contributed by atoms with Crippen LogP contribution in [0.4, 0.5) is 11.9 Å². The van der Waals surface area contributed by atoms with Crippen molar-refractivity contribution in [2.24, 2.45) is 5.92 Å². The number of hydrogen-bond acceptors (Lipinski definition) is 6. The van der Waals surface area contributed by atoms with Gasteiger partial charge in [0.05, 0.1) is 0 Å². The van der Waals surface area contributed by atoms with Gasteiger partial charge in [0.2, 0.25) is 17.2 Å². The highest BCUT2D eigenvalue weighted by molar-refractivity contribution is 6.28. The topological polar surface area (TPSA) is 75.9 Å². The maximum atomic E-state index is 12.1. The number of hydrogen-bond donors (Lipinski definition) is 1. The number of nitrogens with zero attached hydrogens (tertiary/aromatic N) is 5. The zero-order chi connectivity index (χ0) is 16.7. The van der Waals surface area contributed by atoms with Crippen LogP contribution in [0.15, 0.2) is 23.0 Å². The second-order valence-corrected chi connectivity index (χ2v) is 6.70. The van der Waals surface area contributed by atoms with Crippen molar-refractivity contribution in [2.45, 2.75) is 25.8 Å². The van der Waals surface area contributed by atoms with Gasteiger partial charge in [0.1, 0.15) is 0 Å². The average Bonchev–Trinajstić information content (AvgIpc) is 2.55. The van der Waals surface area contributed by atoms with E-state index in [1.165, 1.54) is 0 Å². The monoisotopic (exact) mass is 346 g/mol. The van der Waals surface area contributed by atoms with Crippen LogP contribution in [0.3, 0.4) is 0 Å². The number of rotatable bonds is 3. The van der Waals surface area contributed by atoms with E-state index in [0.29, 0.717) is 23.7 Å². The molecule has 2 aliphatic rings. The van der Waals surface area contributed by atoms with Crippen molar-refractivity contribution >= 4 is 23.5 Å². The van der Waals surface area contributed by atoms with Crippen LogP contribution < -0.4 is 15.8 Å².